The zero-order valence-electron chi connectivity index (χ0n) is 6.53. The highest BCUT2D eigenvalue weighted by atomic mass is 16.8. The standard InChI is InChI=1S/C6H11NO4/c1-6(2)10-3-5(4-11-6)7(8)9/h3-4H2,1-2H3,(H,8,9). The number of rotatable bonds is 0. The van der Waals surface area contributed by atoms with E-state index in [2.05, 4.69) is 0 Å². The molecule has 1 N–H and O–H groups in total. The van der Waals surface area contributed by atoms with Crippen LogP contribution in [0.1, 0.15) is 13.8 Å². The molecule has 5 nitrogen and oxygen atoms in total. The van der Waals surface area contributed by atoms with Crippen LogP contribution in [0.4, 0.5) is 0 Å². The molecule has 0 radical (unpaired) electrons. The minimum atomic E-state index is -0.653. The highest BCUT2D eigenvalue weighted by Crippen LogP contribution is 2.14. The van der Waals surface area contributed by atoms with Crippen molar-refractivity contribution in [3.05, 3.63) is 5.21 Å². The van der Waals surface area contributed by atoms with E-state index in [4.69, 9.17) is 14.7 Å². The molecule has 0 aromatic carbocycles. The minimum absolute atomic E-state index is 0.118. The summed E-state index contributed by atoms with van der Waals surface area (Å²) in [5, 5.41) is 18.7. The topological polar surface area (TPSA) is 64.8 Å². The molecule has 0 atom stereocenters. The van der Waals surface area contributed by atoms with Crippen LogP contribution < -0.4 is 0 Å². The summed E-state index contributed by atoms with van der Waals surface area (Å²) >= 11 is 0. The second-order valence-corrected chi connectivity index (χ2v) is 2.82. The fourth-order valence-electron chi connectivity index (χ4n) is 0.708. The molecule has 1 fully saturated rings. The Balaban J connectivity index is 2.56. The molecule has 0 aliphatic carbocycles. The maximum Gasteiger partial charge on any atom is 0.272 e. The summed E-state index contributed by atoms with van der Waals surface area (Å²) < 4.78 is 10.2. The zero-order valence-corrected chi connectivity index (χ0v) is 6.53. The summed E-state index contributed by atoms with van der Waals surface area (Å²) in [6.07, 6.45) is 0. The molecule has 1 rings (SSSR count). The first kappa shape index (κ1) is 8.29. The predicted octanol–water partition coefficient (Wildman–Crippen LogP) is 0.110. The smallest absolute Gasteiger partial charge is 0.272 e. The van der Waals surface area contributed by atoms with Crippen molar-refractivity contribution >= 4 is 5.71 Å². The van der Waals surface area contributed by atoms with Crippen LogP contribution in [0.15, 0.2) is 0 Å². The van der Waals surface area contributed by atoms with Crippen molar-refractivity contribution in [1.29, 1.82) is 0 Å². The van der Waals surface area contributed by atoms with Gasteiger partial charge in [0.05, 0.1) is 0 Å². The lowest BCUT2D eigenvalue weighted by Crippen LogP contribution is -2.42. The molecule has 0 amide bonds. The molecule has 0 bridgehead atoms. The van der Waals surface area contributed by atoms with Crippen LogP contribution in [0.25, 0.3) is 0 Å². The third-order valence-corrected chi connectivity index (χ3v) is 1.44. The Morgan fingerprint density at radius 2 is 1.91 bits per heavy atom. The lowest BCUT2D eigenvalue weighted by molar-refractivity contribution is -0.728. The van der Waals surface area contributed by atoms with Gasteiger partial charge in [-0.1, -0.05) is 0 Å². The molecule has 11 heavy (non-hydrogen) atoms. The number of ether oxygens (including phenoxy) is 2. The first-order chi connectivity index (χ1) is 5.01. The van der Waals surface area contributed by atoms with Crippen molar-refractivity contribution in [2.24, 2.45) is 0 Å². The van der Waals surface area contributed by atoms with Gasteiger partial charge >= 0.3 is 0 Å². The van der Waals surface area contributed by atoms with Gasteiger partial charge in [0.2, 0.25) is 0 Å². The van der Waals surface area contributed by atoms with E-state index in [9.17, 15) is 5.21 Å². The molecule has 0 saturated carbocycles. The summed E-state index contributed by atoms with van der Waals surface area (Å²) in [4.78, 5) is -0.213. The Bertz CT molecular complexity index is 171. The quantitative estimate of drug-likeness (QED) is 0.311. The van der Waals surface area contributed by atoms with Gasteiger partial charge in [-0.2, -0.15) is 0 Å². The van der Waals surface area contributed by atoms with Crippen molar-refractivity contribution < 1.29 is 19.6 Å². The molecule has 1 aliphatic rings. The van der Waals surface area contributed by atoms with Crippen LogP contribution in [0.5, 0.6) is 0 Å². The molecule has 0 spiro atoms. The molecular formula is C6H11NO4. The largest absolute Gasteiger partial charge is 0.417 e. The molecule has 5 heteroatoms. The van der Waals surface area contributed by atoms with E-state index >= 15 is 0 Å². The second kappa shape index (κ2) is 2.67. The summed E-state index contributed by atoms with van der Waals surface area (Å²) in [5.74, 6) is -0.653. The minimum Gasteiger partial charge on any atom is -0.417 e. The van der Waals surface area contributed by atoms with Gasteiger partial charge in [0.1, 0.15) is 13.2 Å². The number of hydrogen-bond acceptors (Lipinski definition) is 4. The number of hydrogen-bond donors (Lipinski definition) is 1. The fourth-order valence-corrected chi connectivity index (χ4v) is 0.708. The van der Waals surface area contributed by atoms with Crippen LogP contribution in [0.2, 0.25) is 0 Å². The number of nitrogens with zero attached hydrogens (tertiary/aromatic N) is 1. The fraction of sp³-hybridized carbons (Fsp3) is 0.833. The van der Waals surface area contributed by atoms with Crippen molar-refractivity contribution in [3.63, 3.8) is 0 Å². The molecule has 64 valence electrons. The zero-order chi connectivity index (χ0) is 8.48. The van der Waals surface area contributed by atoms with Crippen LogP contribution >= 0.6 is 0 Å². The summed E-state index contributed by atoms with van der Waals surface area (Å²) in [6.45, 7) is 3.73. The summed E-state index contributed by atoms with van der Waals surface area (Å²) in [5.41, 5.74) is 0.185. The van der Waals surface area contributed by atoms with Gasteiger partial charge in [-0.25, -0.2) is 0 Å². The van der Waals surface area contributed by atoms with Gasteiger partial charge in [-0.3, -0.25) is 5.21 Å². The van der Waals surface area contributed by atoms with E-state index in [1.54, 1.807) is 13.8 Å². The summed E-state index contributed by atoms with van der Waals surface area (Å²) in [6, 6.07) is 0. The third-order valence-electron chi connectivity index (χ3n) is 1.44. The van der Waals surface area contributed by atoms with Gasteiger partial charge in [-0.15, -0.1) is 0 Å². The Kier molecular flexibility index (Phi) is 2.01. The van der Waals surface area contributed by atoms with Gasteiger partial charge in [-0.05, 0) is 13.8 Å². The van der Waals surface area contributed by atoms with Crippen LogP contribution in [0, 0.1) is 5.21 Å². The molecule has 1 aliphatic heterocycles. The van der Waals surface area contributed by atoms with Gasteiger partial charge in [0.25, 0.3) is 5.71 Å². The van der Waals surface area contributed by atoms with E-state index in [-0.39, 0.29) is 23.8 Å². The molecular weight excluding hydrogens is 150 g/mol. The maximum atomic E-state index is 10.3. The van der Waals surface area contributed by atoms with Crippen LogP contribution in [-0.4, -0.2) is 34.8 Å². The van der Waals surface area contributed by atoms with Crippen LogP contribution in [0.3, 0.4) is 0 Å². The first-order valence-electron chi connectivity index (χ1n) is 3.30. The Morgan fingerprint density at radius 1 is 1.45 bits per heavy atom. The highest BCUT2D eigenvalue weighted by molar-refractivity contribution is 5.82. The van der Waals surface area contributed by atoms with E-state index in [0.29, 0.717) is 0 Å². The average molecular weight is 161 g/mol. The lowest BCUT2D eigenvalue weighted by atomic mass is 10.3. The van der Waals surface area contributed by atoms with E-state index in [0.717, 1.165) is 0 Å². The highest BCUT2D eigenvalue weighted by Gasteiger charge is 2.30. The lowest BCUT2D eigenvalue weighted by Gasteiger charge is -2.28. The Morgan fingerprint density at radius 3 is 2.27 bits per heavy atom. The van der Waals surface area contributed by atoms with Crippen molar-refractivity contribution in [2.45, 2.75) is 19.6 Å². The van der Waals surface area contributed by atoms with Crippen molar-refractivity contribution in [1.82, 2.24) is 0 Å². The van der Waals surface area contributed by atoms with E-state index < -0.39 is 5.79 Å². The monoisotopic (exact) mass is 161 g/mol. The van der Waals surface area contributed by atoms with Gasteiger partial charge < -0.3 is 14.7 Å². The molecule has 1 saturated heterocycles. The second-order valence-electron chi connectivity index (χ2n) is 2.82. The van der Waals surface area contributed by atoms with Crippen molar-refractivity contribution in [3.8, 4) is 0 Å². The molecule has 0 aromatic heterocycles. The molecule has 0 unspecified atom stereocenters. The van der Waals surface area contributed by atoms with Gasteiger partial charge in [0.15, 0.2) is 5.79 Å². The van der Waals surface area contributed by atoms with Gasteiger partial charge in [0, 0.05) is 4.90 Å². The molecule has 0 aromatic rings. The van der Waals surface area contributed by atoms with Crippen LogP contribution in [-0.2, 0) is 9.47 Å². The average Bonchev–Trinajstić information content (AvgIpc) is 1.86. The SMILES string of the molecule is CC1(C)OCC(=[N+]([O-])O)CO1. The maximum absolute atomic E-state index is 10.3. The normalized spacial score (nSPS) is 23.3. The Hall–Kier alpha value is -0.810. The van der Waals surface area contributed by atoms with Crippen molar-refractivity contribution in [2.75, 3.05) is 13.2 Å². The first-order valence-corrected chi connectivity index (χ1v) is 3.30. The molecule has 1 heterocycles. The summed E-state index contributed by atoms with van der Waals surface area (Å²) in [7, 11) is 0. The predicted molar refractivity (Wildman–Crippen MR) is 36.4 cm³/mol. The third kappa shape index (κ3) is 2.06. The van der Waals surface area contributed by atoms with E-state index in [1.165, 1.54) is 0 Å². The Labute approximate surface area is 64.4 Å². The van der Waals surface area contributed by atoms with E-state index in [1.807, 2.05) is 0 Å².